The second kappa shape index (κ2) is 9.09. The first-order chi connectivity index (χ1) is 17.3. The van der Waals surface area contributed by atoms with Crippen LogP contribution in [0.2, 0.25) is 0 Å². The standard InChI is InChI=1S/C26H28F2N4O4/c1-15(34)32-14-26(23-18-5-4-17(36-2)12-21(18)29-24(23)22(32)13-33)7-9-31(10-8-26)25(35)30-20-6-3-16(27)11-19(20)28/h3-6,11-12,22,29,33H,7-10,13-14H2,1-2H3,(H,30,35)/t22-/m0/s1. The van der Waals surface area contributed by atoms with Gasteiger partial charge in [0.2, 0.25) is 5.91 Å². The SMILES string of the molecule is COc1ccc2c3c([nH]c2c1)[C@H](CO)N(C(C)=O)CC31CCN(C(=O)Nc2ccc(F)cc2F)CC1. The Morgan fingerprint density at radius 3 is 2.58 bits per heavy atom. The van der Waals surface area contributed by atoms with E-state index in [0.29, 0.717) is 38.2 Å². The molecule has 1 fully saturated rings. The second-order valence-electron chi connectivity index (χ2n) is 9.49. The summed E-state index contributed by atoms with van der Waals surface area (Å²) in [5, 5.41) is 13.7. The molecular weight excluding hydrogens is 470 g/mol. The Kier molecular flexibility index (Phi) is 6.07. The van der Waals surface area contributed by atoms with Crippen molar-refractivity contribution in [3.05, 3.63) is 59.3 Å². The number of nitrogens with zero attached hydrogens (tertiary/aromatic N) is 2. The van der Waals surface area contributed by atoms with Gasteiger partial charge in [-0.1, -0.05) is 0 Å². The number of aromatic amines is 1. The van der Waals surface area contributed by atoms with Crippen molar-refractivity contribution < 1.29 is 28.2 Å². The number of likely N-dealkylation sites (tertiary alicyclic amines) is 1. The van der Waals surface area contributed by atoms with Crippen molar-refractivity contribution >= 4 is 28.5 Å². The first-order valence-electron chi connectivity index (χ1n) is 11.9. The molecule has 8 nitrogen and oxygen atoms in total. The highest BCUT2D eigenvalue weighted by molar-refractivity contribution is 5.90. The lowest BCUT2D eigenvalue weighted by molar-refractivity contribution is -0.134. The van der Waals surface area contributed by atoms with Crippen LogP contribution in [0.25, 0.3) is 10.9 Å². The molecule has 3 amide bonds. The number of anilines is 1. The maximum atomic E-state index is 14.0. The van der Waals surface area contributed by atoms with E-state index >= 15 is 0 Å². The first kappa shape index (κ1) is 24.1. The summed E-state index contributed by atoms with van der Waals surface area (Å²) in [6, 6.07) is 7.82. The van der Waals surface area contributed by atoms with Gasteiger partial charge in [0.1, 0.15) is 17.4 Å². The quantitative estimate of drug-likeness (QED) is 0.510. The van der Waals surface area contributed by atoms with Gasteiger partial charge in [-0.25, -0.2) is 13.6 Å². The topological polar surface area (TPSA) is 97.9 Å². The summed E-state index contributed by atoms with van der Waals surface area (Å²) in [7, 11) is 1.60. The number of ether oxygens (including phenoxy) is 1. The summed E-state index contributed by atoms with van der Waals surface area (Å²) < 4.78 is 32.6. The molecule has 3 aromatic rings. The Labute approximate surface area is 206 Å². The van der Waals surface area contributed by atoms with E-state index in [2.05, 4.69) is 10.3 Å². The number of nitrogens with one attached hydrogen (secondary N) is 2. The fourth-order valence-electron chi connectivity index (χ4n) is 5.67. The highest BCUT2D eigenvalue weighted by Crippen LogP contribution is 2.49. The van der Waals surface area contributed by atoms with Gasteiger partial charge in [0, 0.05) is 60.7 Å². The Balaban J connectivity index is 1.46. The highest BCUT2D eigenvalue weighted by atomic mass is 19.1. The van der Waals surface area contributed by atoms with Crippen molar-refractivity contribution in [2.24, 2.45) is 0 Å². The van der Waals surface area contributed by atoms with Crippen LogP contribution in [0.4, 0.5) is 19.3 Å². The predicted octanol–water partition coefficient (Wildman–Crippen LogP) is 3.92. The Bertz CT molecular complexity index is 1330. The maximum Gasteiger partial charge on any atom is 0.321 e. The normalized spacial score (nSPS) is 18.9. The fraction of sp³-hybridized carbons (Fsp3) is 0.385. The summed E-state index contributed by atoms with van der Waals surface area (Å²) in [5.41, 5.74) is 2.20. The molecule has 0 aliphatic carbocycles. The first-order valence-corrected chi connectivity index (χ1v) is 11.9. The third-order valence-corrected chi connectivity index (χ3v) is 7.51. The summed E-state index contributed by atoms with van der Waals surface area (Å²) in [4.78, 5) is 32.2. The van der Waals surface area contributed by atoms with E-state index in [1.165, 1.54) is 13.0 Å². The molecule has 5 rings (SSSR count). The number of methoxy groups -OCH3 is 1. The van der Waals surface area contributed by atoms with E-state index in [0.717, 1.165) is 34.3 Å². The van der Waals surface area contributed by atoms with Crippen LogP contribution in [0.1, 0.15) is 37.1 Å². The number of aliphatic hydroxyl groups is 1. The zero-order valence-electron chi connectivity index (χ0n) is 20.1. The number of carbonyl (C=O) groups is 2. The number of carbonyl (C=O) groups excluding carboxylic acids is 2. The number of H-pyrrole nitrogens is 1. The minimum Gasteiger partial charge on any atom is -0.497 e. The Hall–Kier alpha value is -3.66. The van der Waals surface area contributed by atoms with Gasteiger partial charge in [-0.15, -0.1) is 0 Å². The molecule has 1 saturated heterocycles. The van der Waals surface area contributed by atoms with E-state index in [1.54, 1.807) is 16.9 Å². The number of amides is 3. The molecule has 0 bridgehead atoms. The summed E-state index contributed by atoms with van der Waals surface area (Å²) in [6.45, 7) is 2.46. The van der Waals surface area contributed by atoms with E-state index in [4.69, 9.17) is 4.74 Å². The molecule has 2 aliphatic heterocycles. The van der Waals surface area contributed by atoms with E-state index in [1.807, 2.05) is 18.2 Å². The van der Waals surface area contributed by atoms with Crippen molar-refractivity contribution in [2.75, 3.05) is 38.7 Å². The smallest absolute Gasteiger partial charge is 0.321 e. The number of aliphatic hydroxyl groups excluding tert-OH is 1. The number of halogens is 2. The average Bonchev–Trinajstić information content (AvgIpc) is 3.25. The Morgan fingerprint density at radius 1 is 1.19 bits per heavy atom. The molecule has 1 aromatic heterocycles. The Morgan fingerprint density at radius 2 is 1.94 bits per heavy atom. The van der Waals surface area contributed by atoms with Gasteiger partial charge in [0.05, 0.1) is 25.4 Å². The van der Waals surface area contributed by atoms with Crippen LogP contribution < -0.4 is 10.1 Å². The number of aromatic nitrogens is 1. The lowest BCUT2D eigenvalue weighted by Crippen LogP contribution is -2.55. The molecule has 36 heavy (non-hydrogen) atoms. The number of urea groups is 1. The molecule has 0 saturated carbocycles. The lowest BCUT2D eigenvalue weighted by Gasteiger charge is -2.50. The van der Waals surface area contributed by atoms with E-state index in [9.17, 15) is 23.5 Å². The summed E-state index contributed by atoms with van der Waals surface area (Å²) in [5.74, 6) is -0.998. The molecule has 3 N–H and O–H groups in total. The van der Waals surface area contributed by atoms with Crippen LogP contribution in [0.5, 0.6) is 5.75 Å². The van der Waals surface area contributed by atoms with E-state index < -0.39 is 29.1 Å². The van der Waals surface area contributed by atoms with Crippen LogP contribution in [-0.2, 0) is 10.2 Å². The predicted molar refractivity (Wildman–Crippen MR) is 130 cm³/mol. The number of benzene rings is 2. The number of rotatable bonds is 3. The zero-order valence-corrected chi connectivity index (χ0v) is 20.1. The highest BCUT2D eigenvalue weighted by Gasteiger charge is 2.48. The third-order valence-electron chi connectivity index (χ3n) is 7.51. The van der Waals surface area contributed by atoms with Gasteiger partial charge in [0.25, 0.3) is 0 Å². The van der Waals surface area contributed by atoms with Gasteiger partial charge in [-0.05, 0) is 42.7 Å². The largest absolute Gasteiger partial charge is 0.497 e. The fourth-order valence-corrected chi connectivity index (χ4v) is 5.67. The van der Waals surface area contributed by atoms with Crippen molar-refractivity contribution in [1.29, 1.82) is 0 Å². The molecule has 10 heteroatoms. The molecule has 190 valence electrons. The third kappa shape index (κ3) is 3.95. The summed E-state index contributed by atoms with van der Waals surface area (Å²) >= 11 is 0. The van der Waals surface area contributed by atoms with Gasteiger partial charge in [-0.3, -0.25) is 4.79 Å². The van der Waals surface area contributed by atoms with Gasteiger partial charge < -0.3 is 29.9 Å². The monoisotopic (exact) mass is 498 g/mol. The minimum absolute atomic E-state index is 0.0826. The number of hydrogen-bond donors (Lipinski definition) is 3. The van der Waals surface area contributed by atoms with Gasteiger partial charge in [-0.2, -0.15) is 0 Å². The molecule has 2 aromatic carbocycles. The molecule has 0 unspecified atom stereocenters. The van der Waals surface area contributed by atoms with Crippen LogP contribution in [0, 0.1) is 11.6 Å². The molecule has 1 atom stereocenters. The van der Waals surface area contributed by atoms with Gasteiger partial charge >= 0.3 is 6.03 Å². The molecule has 3 heterocycles. The zero-order chi connectivity index (χ0) is 25.6. The number of hydrogen-bond acceptors (Lipinski definition) is 4. The van der Waals surface area contributed by atoms with E-state index in [-0.39, 0.29) is 18.2 Å². The molecule has 0 radical (unpaired) electrons. The lowest BCUT2D eigenvalue weighted by atomic mass is 9.68. The number of piperidine rings is 1. The van der Waals surface area contributed by atoms with Crippen LogP contribution >= 0.6 is 0 Å². The number of fused-ring (bicyclic) bond motifs is 4. The van der Waals surface area contributed by atoms with Crippen molar-refractivity contribution in [3.63, 3.8) is 0 Å². The summed E-state index contributed by atoms with van der Waals surface area (Å²) in [6.07, 6.45) is 1.14. The van der Waals surface area contributed by atoms with Crippen molar-refractivity contribution in [3.8, 4) is 5.75 Å². The van der Waals surface area contributed by atoms with Gasteiger partial charge in [0.15, 0.2) is 0 Å². The maximum absolute atomic E-state index is 14.0. The molecular formula is C26H28F2N4O4. The minimum atomic E-state index is -0.838. The van der Waals surface area contributed by atoms with Crippen LogP contribution in [0.15, 0.2) is 36.4 Å². The average molecular weight is 499 g/mol. The van der Waals surface area contributed by atoms with Crippen molar-refractivity contribution in [1.82, 2.24) is 14.8 Å². The van der Waals surface area contributed by atoms with Crippen molar-refractivity contribution in [2.45, 2.75) is 31.2 Å². The molecule has 1 spiro atoms. The molecule has 2 aliphatic rings. The van der Waals surface area contributed by atoms with Crippen LogP contribution in [0.3, 0.4) is 0 Å². The van der Waals surface area contributed by atoms with Crippen LogP contribution in [-0.4, -0.2) is 65.2 Å². The second-order valence-corrected chi connectivity index (χ2v) is 9.49.